The van der Waals surface area contributed by atoms with E-state index in [1.54, 1.807) is 13.3 Å². The van der Waals surface area contributed by atoms with Crippen molar-refractivity contribution in [2.45, 2.75) is 26.8 Å². The highest BCUT2D eigenvalue weighted by atomic mass is 16.5. The molecule has 2 rings (SSSR count). The Labute approximate surface area is 113 Å². The molecule has 4 nitrogen and oxygen atoms in total. The summed E-state index contributed by atoms with van der Waals surface area (Å²) in [5.41, 5.74) is 2.08. The van der Waals surface area contributed by atoms with Crippen LogP contribution in [0.25, 0.3) is 11.3 Å². The van der Waals surface area contributed by atoms with Gasteiger partial charge in [0.25, 0.3) is 0 Å². The fourth-order valence-electron chi connectivity index (χ4n) is 1.99. The number of nitrogens with zero attached hydrogens (tertiary/aromatic N) is 1. The number of hydrogen-bond donors (Lipinski definition) is 1. The number of aryl methyl sites for hydroxylation is 1. The number of methoxy groups -OCH3 is 1. The SMILES string of the molecule is CCNC(C)c1ncc(-c2ccc(C)c(OC)c2)o1. The van der Waals surface area contributed by atoms with Crippen LogP contribution >= 0.6 is 0 Å². The second-order valence-corrected chi connectivity index (χ2v) is 4.53. The second-order valence-electron chi connectivity index (χ2n) is 4.53. The maximum atomic E-state index is 5.79. The molecule has 1 aromatic carbocycles. The highest BCUT2D eigenvalue weighted by molar-refractivity contribution is 5.60. The quantitative estimate of drug-likeness (QED) is 0.895. The maximum Gasteiger partial charge on any atom is 0.211 e. The summed E-state index contributed by atoms with van der Waals surface area (Å²) < 4.78 is 11.1. The van der Waals surface area contributed by atoms with Crippen LogP contribution in [0.3, 0.4) is 0 Å². The maximum absolute atomic E-state index is 5.79. The van der Waals surface area contributed by atoms with Gasteiger partial charge in [-0.2, -0.15) is 0 Å². The van der Waals surface area contributed by atoms with Crippen molar-refractivity contribution >= 4 is 0 Å². The van der Waals surface area contributed by atoms with E-state index in [9.17, 15) is 0 Å². The van der Waals surface area contributed by atoms with Gasteiger partial charge in [-0.1, -0.05) is 19.1 Å². The molecule has 102 valence electrons. The van der Waals surface area contributed by atoms with Crippen molar-refractivity contribution in [1.29, 1.82) is 0 Å². The third-order valence-electron chi connectivity index (χ3n) is 3.10. The van der Waals surface area contributed by atoms with Crippen molar-refractivity contribution in [2.24, 2.45) is 0 Å². The molecule has 0 spiro atoms. The number of aromatic nitrogens is 1. The summed E-state index contributed by atoms with van der Waals surface area (Å²) in [6.07, 6.45) is 1.76. The molecular weight excluding hydrogens is 240 g/mol. The van der Waals surface area contributed by atoms with Crippen LogP contribution in [0.15, 0.2) is 28.8 Å². The fraction of sp³-hybridized carbons (Fsp3) is 0.400. The molecule has 1 aromatic heterocycles. The van der Waals surface area contributed by atoms with E-state index < -0.39 is 0 Å². The molecule has 1 heterocycles. The largest absolute Gasteiger partial charge is 0.496 e. The Morgan fingerprint density at radius 3 is 2.89 bits per heavy atom. The van der Waals surface area contributed by atoms with Gasteiger partial charge in [0.05, 0.1) is 19.3 Å². The number of ether oxygens (including phenoxy) is 1. The summed E-state index contributed by atoms with van der Waals surface area (Å²) in [6, 6.07) is 6.12. The lowest BCUT2D eigenvalue weighted by atomic mass is 10.1. The van der Waals surface area contributed by atoms with Crippen LogP contribution in [-0.4, -0.2) is 18.6 Å². The van der Waals surface area contributed by atoms with Crippen molar-refractivity contribution < 1.29 is 9.15 Å². The number of hydrogen-bond acceptors (Lipinski definition) is 4. The summed E-state index contributed by atoms with van der Waals surface area (Å²) in [5, 5.41) is 3.28. The number of oxazole rings is 1. The predicted molar refractivity (Wildman–Crippen MR) is 75.3 cm³/mol. The zero-order chi connectivity index (χ0) is 13.8. The molecule has 1 N–H and O–H groups in total. The van der Waals surface area contributed by atoms with Crippen molar-refractivity contribution in [1.82, 2.24) is 10.3 Å². The third kappa shape index (κ3) is 2.96. The Morgan fingerprint density at radius 2 is 2.21 bits per heavy atom. The molecule has 0 bridgehead atoms. The van der Waals surface area contributed by atoms with E-state index in [4.69, 9.17) is 9.15 Å². The van der Waals surface area contributed by atoms with Crippen LogP contribution in [-0.2, 0) is 0 Å². The Hall–Kier alpha value is -1.81. The first-order valence-electron chi connectivity index (χ1n) is 6.49. The molecule has 2 aromatic rings. The molecule has 0 aliphatic carbocycles. The molecule has 1 unspecified atom stereocenters. The highest BCUT2D eigenvalue weighted by Gasteiger charge is 2.13. The normalized spacial score (nSPS) is 12.4. The predicted octanol–water partition coefficient (Wildman–Crippen LogP) is 3.33. The molecule has 0 saturated carbocycles. The van der Waals surface area contributed by atoms with Crippen LogP contribution in [0.2, 0.25) is 0 Å². The van der Waals surface area contributed by atoms with Crippen molar-refractivity contribution in [3.8, 4) is 17.1 Å². The van der Waals surface area contributed by atoms with Gasteiger partial charge < -0.3 is 14.5 Å². The molecule has 4 heteroatoms. The number of rotatable bonds is 5. The Balaban J connectivity index is 2.27. The molecule has 0 aliphatic heterocycles. The van der Waals surface area contributed by atoms with Gasteiger partial charge in [0.2, 0.25) is 5.89 Å². The van der Waals surface area contributed by atoms with Crippen LogP contribution in [0.4, 0.5) is 0 Å². The molecule has 0 amide bonds. The third-order valence-corrected chi connectivity index (χ3v) is 3.10. The first kappa shape index (κ1) is 13.6. The molecule has 19 heavy (non-hydrogen) atoms. The van der Waals surface area contributed by atoms with Crippen molar-refractivity contribution in [2.75, 3.05) is 13.7 Å². The first-order chi connectivity index (χ1) is 9.15. The number of nitrogens with one attached hydrogen (secondary N) is 1. The lowest BCUT2D eigenvalue weighted by Gasteiger charge is -2.07. The monoisotopic (exact) mass is 260 g/mol. The average Bonchev–Trinajstić information content (AvgIpc) is 2.89. The number of benzene rings is 1. The summed E-state index contributed by atoms with van der Waals surface area (Å²) in [4.78, 5) is 4.32. The molecule has 0 radical (unpaired) electrons. The highest BCUT2D eigenvalue weighted by Crippen LogP contribution is 2.28. The zero-order valence-corrected chi connectivity index (χ0v) is 11.9. The molecule has 0 saturated heterocycles. The van der Waals surface area contributed by atoms with E-state index in [0.717, 1.165) is 29.2 Å². The van der Waals surface area contributed by atoms with Crippen LogP contribution in [0.1, 0.15) is 31.3 Å². The Bertz CT molecular complexity index is 549. The second kappa shape index (κ2) is 5.89. The van der Waals surface area contributed by atoms with Gasteiger partial charge in [0.1, 0.15) is 5.75 Å². The molecular formula is C15H20N2O2. The van der Waals surface area contributed by atoms with E-state index in [-0.39, 0.29) is 6.04 Å². The van der Waals surface area contributed by atoms with Gasteiger partial charge in [0.15, 0.2) is 5.76 Å². The van der Waals surface area contributed by atoms with Gasteiger partial charge in [0, 0.05) is 5.56 Å². The van der Waals surface area contributed by atoms with E-state index in [0.29, 0.717) is 5.89 Å². The molecule has 1 atom stereocenters. The van der Waals surface area contributed by atoms with E-state index in [2.05, 4.69) is 17.2 Å². The lowest BCUT2D eigenvalue weighted by Crippen LogP contribution is -2.17. The minimum atomic E-state index is 0.117. The van der Waals surface area contributed by atoms with Gasteiger partial charge >= 0.3 is 0 Å². The summed E-state index contributed by atoms with van der Waals surface area (Å²) in [5.74, 6) is 2.32. The summed E-state index contributed by atoms with van der Waals surface area (Å²) in [6.45, 7) is 7.00. The van der Waals surface area contributed by atoms with Gasteiger partial charge in [-0.05, 0) is 32.0 Å². The Morgan fingerprint density at radius 1 is 1.42 bits per heavy atom. The lowest BCUT2D eigenvalue weighted by molar-refractivity contribution is 0.411. The van der Waals surface area contributed by atoms with E-state index >= 15 is 0 Å². The minimum absolute atomic E-state index is 0.117. The van der Waals surface area contributed by atoms with E-state index in [1.807, 2.05) is 32.0 Å². The van der Waals surface area contributed by atoms with Crippen LogP contribution in [0.5, 0.6) is 5.75 Å². The Kier molecular flexibility index (Phi) is 4.22. The van der Waals surface area contributed by atoms with Gasteiger partial charge in [-0.15, -0.1) is 0 Å². The molecule has 0 aliphatic rings. The first-order valence-corrected chi connectivity index (χ1v) is 6.49. The smallest absolute Gasteiger partial charge is 0.211 e. The van der Waals surface area contributed by atoms with Gasteiger partial charge in [-0.3, -0.25) is 0 Å². The average molecular weight is 260 g/mol. The van der Waals surface area contributed by atoms with Crippen molar-refractivity contribution in [3.05, 3.63) is 35.9 Å². The summed E-state index contributed by atoms with van der Waals surface area (Å²) in [7, 11) is 1.67. The minimum Gasteiger partial charge on any atom is -0.496 e. The van der Waals surface area contributed by atoms with Crippen LogP contribution in [0, 0.1) is 6.92 Å². The standard InChI is InChI=1S/C15H20N2O2/c1-5-16-11(3)15-17-9-14(19-15)12-7-6-10(2)13(8-12)18-4/h6-9,11,16H,5H2,1-4H3. The van der Waals surface area contributed by atoms with Gasteiger partial charge in [-0.25, -0.2) is 4.98 Å². The van der Waals surface area contributed by atoms with Crippen LogP contribution < -0.4 is 10.1 Å². The zero-order valence-electron chi connectivity index (χ0n) is 11.9. The topological polar surface area (TPSA) is 47.3 Å². The molecule has 0 fully saturated rings. The fourth-order valence-corrected chi connectivity index (χ4v) is 1.99. The summed E-state index contributed by atoms with van der Waals surface area (Å²) >= 11 is 0. The van der Waals surface area contributed by atoms with E-state index in [1.165, 1.54) is 0 Å². The van der Waals surface area contributed by atoms with Crippen molar-refractivity contribution in [3.63, 3.8) is 0 Å².